The predicted molar refractivity (Wildman–Crippen MR) is 125 cm³/mol. The number of hydrogen-bond acceptors (Lipinski definition) is 7. The zero-order chi connectivity index (χ0) is 24.5. The van der Waals surface area contributed by atoms with Gasteiger partial charge in [-0.2, -0.15) is 0 Å². The highest BCUT2D eigenvalue weighted by Gasteiger charge is 2.31. The van der Waals surface area contributed by atoms with Crippen molar-refractivity contribution in [3.05, 3.63) is 59.5 Å². The zero-order valence-electron chi connectivity index (χ0n) is 18.4. The summed E-state index contributed by atoms with van der Waals surface area (Å²) in [6.07, 6.45) is 3.04. The SMILES string of the molecule is Cc1c(CN(C)C(=O)C=Cc2cnc3c(c2)NCC(OP(=O)(O)O)C(=O)N3)oc2ccccc12. The number of nitrogens with one attached hydrogen (secondary N) is 2. The van der Waals surface area contributed by atoms with Crippen LogP contribution in [0.2, 0.25) is 0 Å². The van der Waals surface area contributed by atoms with Gasteiger partial charge >= 0.3 is 7.82 Å². The molecule has 0 fully saturated rings. The van der Waals surface area contributed by atoms with Gasteiger partial charge in [-0.1, -0.05) is 18.2 Å². The lowest BCUT2D eigenvalue weighted by Gasteiger charge is -2.14. The number of phosphoric ester groups is 1. The summed E-state index contributed by atoms with van der Waals surface area (Å²) in [5.74, 6) is -0.0823. The average molecular weight is 486 g/mol. The third-order valence-electron chi connectivity index (χ3n) is 5.30. The van der Waals surface area contributed by atoms with E-state index in [1.807, 2.05) is 31.2 Å². The Kier molecular flexibility index (Phi) is 6.54. The van der Waals surface area contributed by atoms with Gasteiger partial charge in [0.15, 0.2) is 11.9 Å². The lowest BCUT2D eigenvalue weighted by atomic mass is 10.1. The largest absolute Gasteiger partial charge is 0.470 e. The summed E-state index contributed by atoms with van der Waals surface area (Å²) >= 11 is 0. The van der Waals surface area contributed by atoms with Gasteiger partial charge < -0.3 is 29.7 Å². The van der Waals surface area contributed by atoms with Crippen molar-refractivity contribution >= 4 is 48.2 Å². The summed E-state index contributed by atoms with van der Waals surface area (Å²) in [7, 11) is -3.17. The third kappa shape index (κ3) is 5.35. The Morgan fingerprint density at radius 3 is 2.88 bits per heavy atom. The number of nitrogens with zero attached hydrogens (tertiary/aromatic N) is 2. The Morgan fingerprint density at radius 2 is 2.15 bits per heavy atom. The molecule has 0 aliphatic carbocycles. The molecular weight excluding hydrogens is 463 g/mol. The number of pyridine rings is 1. The first kappa shape index (κ1) is 23.7. The maximum absolute atomic E-state index is 12.6. The van der Waals surface area contributed by atoms with E-state index in [0.29, 0.717) is 23.6 Å². The molecule has 2 aromatic heterocycles. The van der Waals surface area contributed by atoms with E-state index in [-0.39, 0.29) is 18.3 Å². The van der Waals surface area contributed by atoms with E-state index in [2.05, 4.69) is 20.1 Å². The van der Waals surface area contributed by atoms with Crippen LogP contribution in [0.25, 0.3) is 17.0 Å². The first-order valence-corrected chi connectivity index (χ1v) is 11.8. The van der Waals surface area contributed by atoms with Crippen LogP contribution in [0.15, 0.2) is 47.0 Å². The molecule has 4 rings (SSSR count). The van der Waals surface area contributed by atoms with Crippen LogP contribution in [0.3, 0.4) is 0 Å². The van der Waals surface area contributed by atoms with Crippen LogP contribution in [0, 0.1) is 6.92 Å². The lowest BCUT2D eigenvalue weighted by molar-refractivity contribution is -0.125. The number of phosphoric acid groups is 1. The highest BCUT2D eigenvalue weighted by atomic mass is 31.2. The van der Waals surface area contributed by atoms with Crippen LogP contribution in [0.4, 0.5) is 11.5 Å². The molecule has 2 amide bonds. The molecule has 3 aromatic rings. The summed E-state index contributed by atoms with van der Waals surface area (Å²) in [6.45, 7) is 2.09. The normalized spacial score (nSPS) is 16.1. The van der Waals surface area contributed by atoms with Crippen molar-refractivity contribution in [3.63, 3.8) is 0 Å². The Morgan fingerprint density at radius 1 is 1.38 bits per heavy atom. The van der Waals surface area contributed by atoms with Gasteiger partial charge in [0.2, 0.25) is 5.91 Å². The van der Waals surface area contributed by atoms with Crippen LogP contribution >= 0.6 is 7.82 Å². The molecule has 1 aliphatic heterocycles. The number of hydrogen-bond donors (Lipinski definition) is 4. The number of amides is 2. The van der Waals surface area contributed by atoms with Gasteiger partial charge in [-0.25, -0.2) is 9.55 Å². The minimum Gasteiger partial charge on any atom is -0.459 e. The van der Waals surface area contributed by atoms with Crippen molar-refractivity contribution in [2.75, 3.05) is 24.2 Å². The molecule has 178 valence electrons. The number of aryl methyl sites for hydroxylation is 1. The van der Waals surface area contributed by atoms with Crippen molar-refractivity contribution in [1.82, 2.24) is 9.88 Å². The minimum absolute atomic E-state index is 0.169. The number of anilines is 2. The van der Waals surface area contributed by atoms with Gasteiger partial charge in [0, 0.05) is 30.3 Å². The van der Waals surface area contributed by atoms with Crippen molar-refractivity contribution in [3.8, 4) is 0 Å². The summed E-state index contributed by atoms with van der Waals surface area (Å²) in [4.78, 5) is 48.4. The molecule has 34 heavy (non-hydrogen) atoms. The fraction of sp³-hybridized carbons (Fsp3) is 0.227. The number of furan rings is 1. The van der Waals surface area contributed by atoms with E-state index in [1.54, 1.807) is 19.2 Å². The molecule has 1 atom stereocenters. The van der Waals surface area contributed by atoms with Crippen molar-refractivity contribution in [2.24, 2.45) is 0 Å². The van der Waals surface area contributed by atoms with Crippen LogP contribution in [0.1, 0.15) is 16.9 Å². The summed E-state index contributed by atoms with van der Waals surface area (Å²) in [6, 6.07) is 9.34. The highest BCUT2D eigenvalue weighted by molar-refractivity contribution is 7.46. The standard InChI is InChI=1S/C22H23N4O7P/c1-13-15-5-3-4-6-17(15)32-19(13)12-26(2)20(27)8-7-14-9-16-21(24-10-14)25-22(28)18(11-23-16)33-34(29,30)31/h3-10,18,23H,11-12H2,1-2H3,(H,24,25,28)(H2,29,30,31). The first-order valence-electron chi connectivity index (χ1n) is 10.3. The zero-order valence-corrected chi connectivity index (χ0v) is 19.3. The Labute approximate surface area is 194 Å². The van der Waals surface area contributed by atoms with E-state index in [9.17, 15) is 14.2 Å². The van der Waals surface area contributed by atoms with Crippen LogP contribution in [-0.4, -0.2) is 51.2 Å². The molecule has 0 saturated heterocycles. The second-order valence-electron chi connectivity index (χ2n) is 7.79. The average Bonchev–Trinajstić information content (AvgIpc) is 3.01. The molecule has 0 spiro atoms. The molecule has 0 saturated carbocycles. The van der Waals surface area contributed by atoms with E-state index in [0.717, 1.165) is 16.5 Å². The molecule has 11 nitrogen and oxygen atoms in total. The monoisotopic (exact) mass is 486 g/mol. The molecule has 0 bridgehead atoms. The van der Waals surface area contributed by atoms with Gasteiger partial charge in [-0.15, -0.1) is 0 Å². The molecule has 1 aliphatic rings. The molecular formula is C22H23N4O7P. The minimum atomic E-state index is -4.85. The predicted octanol–water partition coefficient (Wildman–Crippen LogP) is 2.65. The second kappa shape index (κ2) is 9.40. The number of benzene rings is 1. The van der Waals surface area contributed by atoms with E-state index >= 15 is 0 Å². The van der Waals surface area contributed by atoms with E-state index in [1.165, 1.54) is 17.2 Å². The van der Waals surface area contributed by atoms with Gasteiger partial charge in [-0.05, 0) is 30.7 Å². The second-order valence-corrected chi connectivity index (χ2v) is 8.99. The Hall–Kier alpha value is -3.50. The van der Waals surface area contributed by atoms with Crippen LogP contribution in [0.5, 0.6) is 0 Å². The van der Waals surface area contributed by atoms with Gasteiger partial charge in [0.25, 0.3) is 5.91 Å². The van der Waals surface area contributed by atoms with Gasteiger partial charge in [-0.3, -0.25) is 14.1 Å². The number of para-hydroxylation sites is 1. The summed E-state index contributed by atoms with van der Waals surface area (Å²) in [5, 5.41) is 6.35. The molecule has 1 aromatic carbocycles. The van der Waals surface area contributed by atoms with Gasteiger partial charge in [0.05, 0.1) is 18.8 Å². The maximum atomic E-state index is 12.6. The highest BCUT2D eigenvalue weighted by Crippen LogP contribution is 2.38. The molecule has 1 unspecified atom stereocenters. The molecule has 4 N–H and O–H groups in total. The number of fused-ring (bicyclic) bond motifs is 2. The third-order valence-corrected chi connectivity index (χ3v) is 5.83. The van der Waals surface area contributed by atoms with Gasteiger partial charge in [0.1, 0.15) is 11.3 Å². The number of carbonyl (C=O) groups excluding carboxylic acids is 2. The quantitative estimate of drug-likeness (QED) is 0.304. The van der Waals surface area contributed by atoms with E-state index in [4.69, 9.17) is 14.2 Å². The van der Waals surface area contributed by atoms with Crippen molar-refractivity contribution in [2.45, 2.75) is 19.6 Å². The van der Waals surface area contributed by atoms with Crippen molar-refractivity contribution in [1.29, 1.82) is 0 Å². The molecule has 12 heteroatoms. The first-order chi connectivity index (χ1) is 16.1. The summed E-state index contributed by atoms with van der Waals surface area (Å²) < 4.78 is 21.4. The number of aromatic nitrogens is 1. The smallest absolute Gasteiger partial charge is 0.459 e. The topological polar surface area (TPSA) is 154 Å². The number of likely N-dealkylation sites (N-methyl/N-ethyl adjacent to an activating group) is 1. The fourth-order valence-electron chi connectivity index (χ4n) is 3.51. The maximum Gasteiger partial charge on any atom is 0.470 e. The molecule has 3 heterocycles. The molecule has 0 radical (unpaired) electrons. The Balaban J connectivity index is 1.43. The number of carbonyl (C=O) groups is 2. The van der Waals surface area contributed by atoms with Crippen LogP contribution in [-0.2, 0) is 25.2 Å². The Bertz CT molecular complexity index is 1330. The van der Waals surface area contributed by atoms with Crippen LogP contribution < -0.4 is 10.6 Å². The lowest BCUT2D eigenvalue weighted by Crippen LogP contribution is -2.33. The number of rotatable bonds is 6. The summed E-state index contributed by atoms with van der Waals surface area (Å²) in [5.41, 5.74) is 2.77. The fourth-order valence-corrected chi connectivity index (χ4v) is 4.02. The van der Waals surface area contributed by atoms with E-state index < -0.39 is 19.8 Å². The van der Waals surface area contributed by atoms with Crippen molar-refractivity contribution < 1.29 is 32.9 Å².